The van der Waals surface area contributed by atoms with Gasteiger partial charge in [-0.25, -0.2) is 0 Å². The molecule has 0 saturated heterocycles. The van der Waals surface area contributed by atoms with Gasteiger partial charge in [-0.05, 0) is 115 Å². The fraction of sp³-hybridized carbons (Fsp3) is 0.268. The van der Waals surface area contributed by atoms with Gasteiger partial charge >= 0.3 is 0 Å². The number of rotatable bonds is 16. The molecule has 0 amide bonds. The second-order valence-electron chi connectivity index (χ2n) is 12.1. The van der Waals surface area contributed by atoms with Crippen molar-refractivity contribution in [2.24, 2.45) is 0 Å². The fourth-order valence-corrected chi connectivity index (χ4v) is 5.77. The molecule has 5 nitrogen and oxygen atoms in total. The van der Waals surface area contributed by atoms with Gasteiger partial charge < -0.3 is 14.6 Å². The van der Waals surface area contributed by atoms with E-state index in [1.165, 1.54) is 44.6 Å². The lowest BCUT2D eigenvalue weighted by molar-refractivity contribution is 0.194. The third-order valence-corrected chi connectivity index (χ3v) is 8.42. The van der Waals surface area contributed by atoms with Crippen LogP contribution in [-0.2, 0) is 12.8 Å². The summed E-state index contributed by atoms with van der Waals surface area (Å²) in [5.41, 5.74) is 16.3. The highest BCUT2D eigenvalue weighted by molar-refractivity contribution is 5.55. The molecule has 0 fully saturated rings. The summed E-state index contributed by atoms with van der Waals surface area (Å²) < 4.78 is 0. The van der Waals surface area contributed by atoms with E-state index in [9.17, 15) is 0 Å². The predicted octanol–water partition coefficient (Wildman–Crippen LogP) is 8.58. The Hall–Kier alpha value is -4.58. The summed E-state index contributed by atoms with van der Waals surface area (Å²) in [7, 11) is 4.14. The molecule has 5 aromatic carbocycles. The zero-order chi connectivity index (χ0) is 32.1. The van der Waals surface area contributed by atoms with Gasteiger partial charge in [-0.2, -0.15) is 11.0 Å². The molecule has 0 aromatic heterocycles. The number of hydrogen-bond acceptors (Lipinski definition) is 5. The van der Waals surface area contributed by atoms with Crippen LogP contribution in [0.3, 0.4) is 0 Å². The first-order valence-electron chi connectivity index (χ1n) is 16.3. The van der Waals surface area contributed by atoms with Crippen LogP contribution in [0.5, 0.6) is 11.5 Å². The lowest BCUT2D eigenvalue weighted by Gasteiger charge is -2.25. The lowest BCUT2D eigenvalue weighted by atomic mass is 9.81. The number of hydrogen-bond donors (Lipinski definition) is 2. The third kappa shape index (κ3) is 9.23. The topological polar surface area (TPSA) is 45.8 Å². The highest BCUT2D eigenvalue weighted by Gasteiger charge is 2.22. The molecule has 0 bridgehead atoms. The molecule has 5 heteroatoms. The minimum atomic E-state index is -0.000488. The van der Waals surface area contributed by atoms with E-state index in [2.05, 4.69) is 153 Å². The number of aryl methyl sites for hydroxylation is 4. The molecule has 0 aliphatic carbocycles. The van der Waals surface area contributed by atoms with Gasteiger partial charge in [0.25, 0.3) is 0 Å². The SMILES string of the molecule is Cc1ccc(ONCCCc2ccccc2)cc1C(c1ccc(N(C)C)cc1)c1cc(ONCCCc2ccccc2)ccc1C. The van der Waals surface area contributed by atoms with Gasteiger partial charge in [0.15, 0.2) is 0 Å². The molecular formula is C41H47N3O2. The minimum absolute atomic E-state index is 0.000488. The number of hydroxylamine groups is 2. The molecule has 0 aliphatic heterocycles. The Morgan fingerprint density at radius 2 is 1.02 bits per heavy atom. The van der Waals surface area contributed by atoms with E-state index in [4.69, 9.17) is 9.68 Å². The fourth-order valence-electron chi connectivity index (χ4n) is 5.77. The van der Waals surface area contributed by atoms with Crippen LogP contribution >= 0.6 is 0 Å². The first kappa shape index (κ1) is 32.8. The second-order valence-corrected chi connectivity index (χ2v) is 12.1. The van der Waals surface area contributed by atoms with E-state index in [0.29, 0.717) is 0 Å². The van der Waals surface area contributed by atoms with E-state index in [-0.39, 0.29) is 5.92 Å². The zero-order valence-electron chi connectivity index (χ0n) is 27.6. The Labute approximate surface area is 275 Å². The van der Waals surface area contributed by atoms with Gasteiger partial charge in [-0.3, -0.25) is 0 Å². The predicted molar refractivity (Wildman–Crippen MR) is 191 cm³/mol. The van der Waals surface area contributed by atoms with Gasteiger partial charge in [0.05, 0.1) is 0 Å². The van der Waals surface area contributed by atoms with Crippen molar-refractivity contribution < 1.29 is 9.68 Å². The number of benzene rings is 5. The van der Waals surface area contributed by atoms with Gasteiger partial charge in [0.1, 0.15) is 11.5 Å². The van der Waals surface area contributed by atoms with E-state index in [0.717, 1.165) is 50.3 Å². The molecule has 0 unspecified atom stereocenters. The first-order chi connectivity index (χ1) is 22.5. The molecule has 0 saturated carbocycles. The minimum Gasteiger partial charge on any atom is -0.409 e. The Morgan fingerprint density at radius 1 is 0.565 bits per heavy atom. The highest BCUT2D eigenvalue weighted by Crippen LogP contribution is 2.39. The Balaban J connectivity index is 1.33. The van der Waals surface area contributed by atoms with Gasteiger partial charge in [0, 0.05) is 38.8 Å². The normalized spacial score (nSPS) is 11.1. The van der Waals surface area contributed by atoms with E-state index >= 15 is 0 Å². The molecule has 0 spiro atoms. The van der Waals surface area contributed by atoms with Gasteiger partial charge in [-0.1, -0.05) is 84.9 Å². The molecule has 0 atom stereocenters. The summed E-state index contributed by atoms with van der Waals surface area (Å²) in [5, 5.41) is 0. The van der Waals surface area contributed by atoms with Crippen LogP contribution in [0.4, 0.5) is 5.69 Å². The number of nitrogens with zero attached hydrogens (tertiary/aromatic N) is 1. The van der Waals surface area contributed by atoms with Crippen molar-refractivity contribution in [1.29, 1.82) is 0 Å². The molecular weight excluding hydrogens is 566 g/mol. The average molecular weight is 614 g/mol. The molecule has 2 N–H and O–H groups in total. The molecule has 0 aliphatic rings. The zero-order valence-corrected chi connectivity index (χ0v) is 27.6. The van der Waals surface area contributed by atoms with E-state index in [1.54, 1.807) is 0 Å². The standard InChI is InChI=1S/C41H47N3O2/c1-31-19-25-37(45-42-27-11-17-33-13-7-5-8-14-33)29-39(31)41(35-21-23-36(24-22-35)44(3)4)40-30-38(26-20-32(40)2)46-43-28-12-18-34-15-9-6-10-16-34/h5-10,13-16,19-26,29-30,41-43H,11-12,17-18,27-28H2,1-4H3. The highest BCUT2D eigenvalue weighted by atomic mass is 16.6. The van der Waals surface area contributed by atoms with E-state index < -0.39 is 0 Å². The van der Waals surface area contributed by atoms with Crippen LogP contribution in [0, 0.1) is 13.8 Å². The van der Waals surface area contributed by atoms with Crippen molar-refractivity contribution in [3.8, 4) is 11.5 Å². The Kier molecular flexibility index (Phi) is 11.9. The maximum Gasteiger partial charge on any atom is 0.147 e. The van der Waals surface area contributed by atoms with Crippen LogP contribution < -0.4 is 25.5 Å². The monoisotopic (exact) mass is 613 g/mol. The number of anilines is 1. The largest absolute Gasteiger partial charge is 0.409 e. The van der Waals surface area contributed by atoms with Crippen molar-refractivity contribution in [3.63, 3.8) is 0 Å². The summed E-state index contributed by atoms with van der Waals surface area (Å²) in [6.45, 7) is 5.89. The van der Waals surface area contributed by atoms with Crippen molar-refractivity contribution >= 4 is 5.69 Å². The van der Waals surface area contributed by atoms with Crippen LogP contribution in [0.2, 0.25) is 0 Å². The summed E-state index contributed by atoms with van der Waals surface area (Å²) >= 11 is 0. The molecule has 238 valence electrons. The maximum atomic E-state index is 6.08. The second kappa shape index (κ2) is 16.6. The molecule has 0 heterocycles. The number of nitrogens with one attached hydrogen (secondary N) is 2. The molecule has 0 radical (unpaired) electrons. The van der Waals surface area contributed by atoms with Gasteiger partial charge in [-0.15, -0.1) is 0 Å². The van der Waals surface area contributed by atoms with Crippen LogP contribution in [0.25, 0.3) is 0 Å². The third-order valence-electron chi connectivity index (χ3n) is 8.42. The van der Waals surface area contributed by atoms with Crippen LogP contribution in [-0.4, -0.2) is 27.2 Å². The van der Waals surface area contributed by atoms with Crippen LogP contribution in [0.15, 0.2) is 121 Å². The summed E-state index contributed by atoms with van der Waals surface area (Å²) in [6, 6.07) is 42.8. The summed E-state index contributed by atoms with van der Waals surface area (Å²) in [4.78, 5) is 14.3. The van der Waals surface area contributed by atoms with Crippen molar-refractivity contribution in [2.75, 3.05) is 32.1 Å². The lowest BCUT2D eigenvalue weighted by Crippen LogP contribution is -2.21. The van der Waals surface area contributed by atoms with Crippen LogP contribution in [0.1, 0.15) is 57.7 Å². The first-order valence-corrected chi connectivity index (χ1v) is 16.3. The van der Waals surface area contributed by atoms with Crippen molar-refractivity contribution in [2.45, 2.75) is 45.4 Å². The molecule has 46 heavy (non-hydrogen) atoms. The summed E-state index contributed by atoms with van der Waals surface area (Å²) in [5.74, 6) is 1.61. The Bertz CT molecular complexity index is 1540. The van der Waals surface area contributed by atoms with Crippen molar-refractivity contribution in [3.05, 3.63) is 160 Å². The summed E-state index contributed by atoms with van der Waals surface area (Å²) in [6.07, 6.45) is 4.02. The average Bonchev–Trinajstić information content (AvgIpc) is 3.08. The molecule has 5 rings (SSSR count). The van der Waals surface area contributed by atoms with Crippen molar-refractivity contribution in [1.82, 2.24) is 11.0 Å². The quantitative estimate of drug-likeness (QED) is 0.0663. The Morgan fingerprint density at radius 3 is 1.46 bits per heavy atom. The van der Waals surface area contributed by atoms with Gasteiger partial charge in [0.2, 0.25) is 0 Å². The van der Waals surface area contributed by atoms with E-state index in [1.807, 2.05) is 12.1 Å². The maximum absolute atomic E-state index is 6.08. The smallest absolute Gasteiger partial charge is 0.147 e. The molecule has 5 aromatic rings.